The lowest BCUT2D eigenvalue weighted by molar-refractivity contribution is 0.324. The van der Waals surface area contributed by atoms with Gasteiger partial charge in [-0.3, -0.25) is 0 Å². The Kier molecular flexibility index (Phi) is 6.23. The molecule has 5 heteroatoms. The number of hydrogen-bond donors (Lipinski definition) is 1. The zero-order valence-electron chi connectivity index (χ0n) is 13.6. The van der Waals surface area contributed by atoms with Crippen LogP contribution in [0.4, 0.5) is 5.95 Å². The van der Waals surface area contributed by atoms with Crippen molar-refractivity contribution in [2.75, 3.05) is 37.7 Å². The molecule has 1 aliphatic rings. The number of rotatable bonds is 7. The van der Waals surface area contributed by atoms with Crippen LogP contribution in [0, 0.1) is 12.8 Å². The van der Waals surface area contributed by atoms with Crippen molar-refractivity contribution in [1.29, 1.82) is 0 Å². The SMILES string of the molecule is CCCNCC1CCCN(c2nc(C)cc(OCC)n2)C1. The summed E-state index contributed by atoms with van der Waals surface area (Å²) in [6.45, 7) is 11.1. The number of aryl methyl sites for hydroxylation is 1. The minimum absolute atomic E-state index is 0.638. The molecule has 1 unspecified atom stereocenters. The van der Waals surface area contributed by atoms with Crippen LogP contribution in [0.1, 0.15) is 38.8 Å². The van der Waals surface area contributed by atoms with Crippen LogP contribution < -0.4 is 15.0 Å². The first-order valence-electron chi connectivity index (χ1n) is 8.17. The Balaban J connectivity index is 1.99. The molecule has 2 heterocycles. The average molecular weight is 292 g/mol. The van der Waals surface area contributed by atoms with Gasteiger partial charge in [-0.05, 0) is 52.1 Å². The third kappa shape index (κ3) is 4.84. The topological polar surface area (TPSA) is 50.3 Å². The summed E-state index contributed by atoms with van der Waals surface area (Å²) in [5.41, 5.74) is 0.967. The second-order valence-electron chi connectivity index (χ2n) is 5.74. The first-order chi connectivity index (χ1) is 10.2. The predicted molar refractivity (Wildman–Crippen MR) is 86.0 cm³/mol. The van der Waals surface area contributed by atoms with E-state index < -0.39 is 0 Å². The number of ether oxygens (including phenoxy) is 1. The van der Waals surface area contributed by atoms with E-state index in [1.807, 2.05) is 19.9 Å². The van der Waals surface area contributed by atoms with Gasteiger partial charge in [-0.15, -0.1) is 0 Å². The van der Waals surface area contributed by atoms with E-state index in [1.165, 1.54) is 19.3 Å². The molecule has 1 aliphatic heterocycles. The fourth-order valence-corrected chi connectivity index (χ4v) is 2.78. The molecule has 0 radical (unpaired) electrons. The Hall–Kier alpha value is -1.36. The smallest absolute Gasteiger partial charge is 0.228 e. The lowest BCUT2D eigenvalue weighted by atomic mass is 9.98. The van der Waals surface area contributed by atoms with Gasteiger partial charge in [0.2, 0.25) is 11.8 Å². The molecular formula is C16H28N4O. The van der Waals surface area contributed by atoms with Crippen molar-refractivity contribution in [3.05, 3.63) is 11.8 Å². The molecule has 1 atom stereocenters. The lowest BCUT2D eigenvalue weighted by Crippen LogP contribution is -2.40. The van der Waals surface area contributed by atoms with Crippen molar-refractivity contribution in [2.24, 2.45) is 5.92 Å². The van der Waals surface area contributed by atoms with E-state index in [2.05, 4.69) is 27.1 Å². The van der Waals surface area contributed by atoms with Gasteiger partial charge in [-0.1, -0.05) is 6.92 Å². The van der Waals surface area contributed by atoms with E-state index >= 15 is 0 Å². The fourth-order valence-electron chi connectivity index (χ4n) is 2.78. The molecule has 0 aromatic carbocycles. The van der Waals surface area contributed by atoms with E-state index in [0.717, 1.165) is 37.8 Å². The number of piperidine rings is 1. The maximum Gasteiger partial charge on any atom is 0.228 e. The van der Waals surface area contributed by atoms with Crippen molar-refractivity contribution < 1.29 is 4.74 Å². The number of aromatic nitrogens is 2. The molecule has 5 nitrogen and oxygen atoms in total. The molecule has 1 N–H and O–H groups in total. The van der Waals surface area contributed by atoms with Crippen LogP contribution in [0.25, 0.3) is 0 Å². The zero-order valence-corrected chi connectivity index (χ0v) is 13.6. The summed E-state index contributed by atoms with van der Waals surface area (Å²) in [5, 5.41) is 3.53. The minimum Gasteiger partial charge on any atom is -0.478 e. The summed E-state index contributed by atoms with van der Waals surface area (Å²) in [6.07, 6.45) is 3.69. The van der Waals surface area contributed by atoms with Crippen LogP contribution in [-0.4, -0.2) is 42.8 Å². The second-order valence-corrected chi connectivity index (χ2v) is 5.74. The van der Waals surface area contributed by atoms with Gasteiger partial charge in [0.05, 0.1) is 6.61 Å². The number of hydrogen-bond acceptors (Lipinski definition) is 5. The number of nitrogens with zero attached hydrogens (tertiary/aromatic N) is 3. The molecule has 0 amide bonds. The molecule has 0 aliphatic carbocycles. The Morgan fingerprint density at radius 2 is 2.24 bits per heavy atom. The Bertz CT molecular complexity index is 438. The first-order valence-corrected chi connectivity index (χ1v) is 8.17. The summed E-state index contributed by atoms with van der Waals surface area (Å²) in [7, 11) is 0. The van der Waals surface area contributed by atoms with E-state index in [-0.39, 0.29) is 0 Å². The third-order valence-electron chi connectivity index (χ3n) is 3.77. The van der Waals surface area contributed by atoms with Crippen LogP contribution in [0.5, 0.6) is 5.88 Å². The summed E-state index contributed by atoms with van der Waals surface area (Å²) in [4.78, 5) is 11.4. The summed E-state index contributed by atoms with van der Waals surface area (Å²) < 4.78 is 5.53. The molecule has 1 aromatic heterocycles. The molecule has 1 saturated heterocycles. The van der Waals surface area contributed by atoms with E-state index in [4.69, 9.17) is 4.74 Å². The average Bonchev–Trinajstić information content (AvgIpc) is 2.48. The highest BCUT2D eigenvalue weighted by Crippen LogP contribution is 2.22. The van der Waals surface area contributed by atoms with E-state index in [0.29, 0.717) is 18.4 Å². The molecular weight excluding hydrogens is 264 g/mol. The highest BCUT2D eigenvalue weighted by molar-refractivity contribution is 5.35. The van der Waals surface area contributed by atoms with Crippen molar-refractivity contribution in [3.8, 4) is 5.88 Å². The molecule has 2 rings (SSSR count). The normalized spacial score (nSPS) is 18.8. The van der Waals surface area contributed by atoms with Crippen LogP contribution >= 0.6 is 0 Å². The summed E-state index contributed by atoms with van der Waals surface area (Å²) >= 11 is 0. The van der Waals surface area contributed by atoms with Gasteiger partial charge in [0.1, 0.15) is 0 Å². The quantitative estimate of drug-likeness (QED) is 0.782. The monoisotopic (exact) mass is 292 g/mol. The van der Waals surface area contributed by atoms with Crippen molar-refractivity contribution >= 4 is 5.95 Å². The largest absolute Gasteiger partial charge is 0.478 e. The standard InChI is InChI=1S/C16H28N4O/c1-4-8-17-11-14-7-6-9-20(12-14)16-18-13(3)10-15(19-16)21-5-2/h10,14,17H,4-9,11-12H2,1-3H3. The first kappa shape index (κ1) is 16.0. The van der Waals surface area contributed by atoms with Crippen LogP contribution in [0.2, 0.25) is 0 Å². The highest BCUT2D eigenvalue weighted by atomic mass is 16.5. The van der Waals surface area contributed by atoms with Crippen LogP contribution in [-0.2, 0) is 0 Å². The van der Waals surface area contributed by atoms with Gasteiger partial charge in [0, 0.05) is 24.8 Å². The van der Waals surface area contributed by atoms with Crippen LogP contribution in [0.15, 0.2) is 6.07 Å². The van der Waals surface area contributed by atoms with Gasteiger partial charge < -0.3 is 15.0 Å². The second kappa shape index (κ2) is 8.17. The Morgan fingerprint density at radius 3 is 3.00 bits per heavy atom. The van der Waals surface area contributed by atoms with Gasteiger partial charge in [-0.2, -0.15) is 4.98 Å². The van der Waals surface area contributed by atoms with Gasteiger partial charge in [-0.25, -0.2) is 4.98 Å². The fraction of sp³-hybridized carbons (Fsp3) is 0.750. The van der Waals surface area contributed by atoms with Gasteiger partial charge in [0.25, 0.3) is 0 Å². The minimum atomic E-state index is 0.638. The van der Waals surface area contributed by atoms with E-state index in [9.17, 15) is 0 Å². The van der Waals surface area contributed by atoms with Gasteiger partial charge >= 0.3 is 0 Å². The molecule has 0 bridgehead atoms. The lowest BCUT2D eigenvalue weighted by Gasteiger charge is -2.33. The molecule has 0 saturated carbocycles. The Labute approximate surface area is 128 Å². The van der Waals surface area contributed by atoms with Crippen molar-refractivity contribution in [2.45, 2.75) is 40.0 Å². The highest BCUT2D eigenvalue weighted by Gasteiger charge is 2.22. The Morgan fingerprint density at radius 1 is 1.38 bits per heavy atom. The number of anilines is 1. The molecule has 1 fully saturated rings. The number of nitrogens with one attached hydrogen (secondary N) is 1. The predicted octanol–water partition coefficient (Wildman–Crippen LogP) is 2.40. The summed E-state index contributed by atoms with van der Waals surface area (Å²) in [6, 6.07) is 1.90. The van der Waals surface area contributed by atoms with Crippen molar-refractivity contribution in [3.63, 3.8) is 0 Å². The molecule has 0 spiro atoms. The molecule has 21 heavy (non-hydrogen) atoms. The maximum atomic E-state index is 5.53. The maximum absolute atomic E-state index is 5.53. The van der Waals surface area contributed by atoms with Crippen molar-refractivity contribution in [1.82, 2.24) is 15.3 Å². The van der Waals surface area contributed by atoms with Crippen LogP contribution in [0.3, 0.4) is 0 Å². The zero-order chi connectivity index (χ0) is 15.1. The summed E-state index contributed by atoms with van der Waals surface area (Å²) in [5.74, 6) is 2.19. The molecule has 118 valence electrons. The van der Waals surface area contributed by atoms with E-state index in [1.54, 1.807) is 0 Å². The molecule has 1 aromatic rings. The third-order valence-corrected chi connectivity index (χ3v) is 3.77. The van der Waals surface area contributed by atoms with Gasteiger partial charge in [0.15, 0.2) is 0 Å².